The Morgan fingerprint density at radius 1 is 1.12 bits per heavy atom. The summed E-state index contributed by atoms with van der Waals surface area (Å²) in [6.45, 7) is 1.28. The van der Waals surface area contributed by atoms with Gasteiger partial charge in [-0.05, 0) is 55.6 Å². The zero-order valence-corrected chi connectivity index (χ0v) is 14.9. The van der Waals surface area contributed by atoms with Crippen molar-refractivity contribution in [1.82, 2.24) is 0 Å². The molecular formula is C11H8Br4O2. The van der Waals surface area contributed by atoms with Crippen LogP contribution in [0.3, 0.4) is 0 Å². The molecule has 1 aromatic rings. The molecule has 1 saturated heterocycles. The molecule has 17 heavy (non-hydrogen) atoms. The molecule has 0 aliphatic carbocycles. The highest BCUT2D eigenvalue weighted by Gasteiger charge is 2.21. The Kier molecular flexibility index (Phi) is 5.27. The van der Waals surface area contributed by atoms with Crippen molar-refractivity contribution < 1.29 is 9.47 Å². The number of hydrogen-bond acceptors (Lipinski definition) is 2. The van der Waals surface area contributed by atoms with Gasteiger partial charge in [-0.1, -0.05) is 31.9 Å². The zero-order chi connectivity index (χ0) is 12.4. The molecule has 0 unspecified atom stereocenters. The van der Waals surface area contributed by atoms with E-state index in [0.717, 1.165) is 23.5 Å². The highest BCUT2D eigenvalue weighted by Crippen LogP contribution is 2.35. The summed E-state index contributed by atoms with van der Waals surface area (Å²) in [7, 11) is 0. The van der Waals surface area contributed by atoms with Crippen LogP contribution in [-0.4, -0.2) is 13.2 Å². The number of halogens is 4. The Morgan fingerprint density at radius 2 is 1.76 bits per heavy atom. The highest BCUT2D eigenvalue weighted by molar-refractivity contribution is 9.28. The Bertz CT molecular complexity index is 449. The summed E-state index contributed by atoms with van der Waals surface area (Å²) < 4.78 is 13.9. The number of hydrogen-bond donors (Lipinski definition) is 0. The van der Waals surface area contributed by atoms with Gasteiger partial charge in [0.1, 0.15) is 0 Å². The van der Waals surface area contributed by atoms with Gasteiger partial charge >= 0.3 is 0 Å². The Balaban J connectivity index is 2.41. The third kappa shape index (κ3) is 3.64. The molecule has 0 atom stereocenters. The molecule has 1 fully saturated rings. The fourth-order valence-electron chi connectivity index (χ4n) is 1.53. The van der Waals surface area contributed by atoms with Crippen molar-refractivity contribution in [1.29, 1.82) is 0 Å². The van der Waals surface area contributed by atoms with Gasteiger partial charge in [0.15, 0.2) is 6.29 Å². The van der Waals surface area contributed by atoms with Gasteiger partial charge in [0.05, 0.1) is 16.6 Å². The molecule has 0 spiro atoms. The second kappa shape index (κ2) is 6.30. The lowest BCUT2D eigenvalue weighted by atomic mass is 10.1. The maximum Gasteiger partial charge on any atom is 0.185 e. The van der Waals surface area contributed by atoms with Gasteiger partial charge in [0, 0.05) is 14.5 Å². The van der Waals surface area contributed by atoms with E-state index in [4.69, 9.17) is 9.47 Å². The minimum absolute atomic E-state index is 0.279. The molecule has 1 aliphatic heterocycles. The van der Waals surface area contributed by atoms with E-state index in [0.29, 0.717) is 13.2 Å². The predicted molar refractivity (Wildman–Crippen MR) is 82.3 cm³/mol. The van der Waals surface area contributed by atoms with E-state index in [1.165, 1.54) is 0 Å². The molecule has 0 saturated carbocycles. The molecule has 0 bridgehead atoms. The summed E-state index contributed by atoms with van der Waals surface area (Å²) >= 11 is 13.8. The summed E-state index contributed by atoms with van der Waals surface area (Å²) in [4.78, 5) is 0. The second-order valence-electron chi connectivity index (χ2n) is 3.40. The molecule has 0 N–H and O–H groups in total. The van der Waals surface area contributed by atoms with Crippen LogP contribution >= 0.6 is 63.7 Å². The van der Waals surface area contributed by atoms with Gasteiger partial charge in [-0.15, -0.1) is 0 Å². The monoisotopic (exact) mass is 488 g/mol. The van der Waals surface area contributed by atoms with Crippen molar-refractivity contribution in [2.75, 3.05) is 13.2 Å². The van der Waals surface area contributed by atoms with E-state index in [9.17, 15) is 0 Å². The summed E-state index contributed by atoms with van der Waals surface area (Å²) in [6, 6.07) is 4.03. The number of benzene rings is 1. The van der Waals surface area contributed by atoms with E-state index in [1.807, 2.05) is 18.2 Å². The molecular weight excluding hydrogens is 484 g/mol. The smallest absolute Gasteiger partial charge is 0.185 e. The second-order valence-corrected chi connectivity index (χ2v) is 7.88. The molecule has 2 nitrogen and oxygen atoms in total. The molecule has 1 heterocycles. The van der Waals surface area contributed by atoms with Crippen molar-refractivity contribution in [3.05, 3.63) is 35.6 Å². The van der Waals surface area contributed by atoms with Crippen LogP contribution in [-0.2, 0) is 9.47 Å². The molecule has 0 aromatic heterocycles. The van der Waals surface area contributed by atoms with Gasteiger partial charge in [0.2, 0.25) is 0 Å². The Labute approximate surface area is 133 Å². The fourth-order valence-corrected chi connectivity index (χ4v) is 3.32. The van der Waals surface area contributed by atoms with Gasteiger partial charge in [-0.2, -0.15) is 0 Å². The maximum atomic E-state index is 5.51. The normalized spacial score (nSPS) is 16.2. The number of rotatable bonds is 2. The van der Waals surface area contributed by atoms with Crippen molar-refractivity contribution in [2.45, 2.75) is 6.29 Å². The lowest BCUT2D eigenvalue weighted by Gasteiger charge is -2.13. The third-order valence-electron chi connectivity index (χ3n) is 2.26. The van der Waals surface area contributed by atoms with Crippen molar-refractivity contribution in [3.63, 3.8) is 0 Å². The zero-order valence-electron chi connectivity index (χ0n) is 8.55. The van der Waals surface area contributed by atoms with Crippen LogP contribution in [0.1, 0.15) is 17.4 Å². The first-order valence-electron chi connectivity index (χ1n) is 4.83. The van der Waals surface area contributed by atoms with E-state index in [1.54, 1.807) is 0 Å². The van der Waals surface area contributed by atoms with Crippen LogP contribution < -0.4 is 0 Å². The first-order valence-corrected chi connectivity index (χ1v) is 8.00. The van der Waals surface area contributed by atoms with Crippen LogP contribution in [0.5, 0.6) is 0 Å². The first-order chi connectivity index (χ1) is 8.08. The average Bonchev–Trinajstić information content (AvgIpc) is 2.74. The molecule has 0 radical (unpaired) electrons. The van der Waals surface area contributed by atoms with Crippen molar-refractivity contribution >= 4 is 69.8 Å². The minimum atomic E-state index is -0.279. The minimum Gasteiger partial charge on any atom is -0.346 e. The molecule has 92 valence electrons. The molecule has 6 heteroatoms. The summed E-state index contributed by atoms with van der Waals surface area (Å²) in [6.07, 6.45) is 1.69. The Morgan fingerprint density at radius 3 is 2.35 bits per heavy atom. The number of ether oxygens (including phenoxy) is 2. The van der Waals surface area contributed by atoms with E-state index in [2.05, 4.69) is 63.7 Å². The summed E-state index contributed by atoms with van der Waals surface area (Å²) in [5.74, 6) is 0. The topological polar surface area (TPSA) is 18.5 Å². The molecule has 1 aliphatic rings. The first kappa shape index (κ1) is 14.2. The van der Waals surface area contributed by atoms with Crippen LogP contribution in [0.25, 0.3) is 6.08 Å². The molecule has 0 amide bonds. The molecule has 1 aromatic carbocycles. The third-order valence-corrected chi connectivity index (χ3v) is 4.09. The lowest BCUT2D eigenvalue weighted by Crippen LogP contribution is -2.00. The van der Waals surface area contributed by atoms with Gasteiger partial charge in [0.25, 0.3) is 0 Å². The van der Waals surface area contributed by atoms with Crippen LogP contribution in [0.4, 0.5) is 0 Å². The van der Waals surface area contributed by atoms with E-state index in [-0.39, 0.29) is 6.29 Å². The van der Waals surface area contributed by atoms with Gasteiger partial charge in [-0.25, -0.2) is 0 Å². The largest absolute Gasteiger partial charge is 0.346 e. The summed E-state index contributed by atoms with van der Waals surface area (Å²) in [5.41, 5.74) is 2.05. The standard InChI is InChI=1S/C11H8Br4O2/c12-8-5-9(13)7(11-16-1-2-17-11)3-6(8)4-10(14)15/h3-5,11H,1-2H2. The van der Waals surface area contributed by atoms with E-state index < -0.39 is 0 Å². The van der Waals surface area contributed by atoms with Gasteiger partial charge in [-0.3, -0.25) is 0 Å². The average molecular weight is 492 g/mol. The SMILES string of the molecule is BrC(Br)=Cc1cc(C2OCCO2)c(Br)cc1Br. The quantitative estimate of drug-likeness (QED) is 0.556. The highest BCUT2D eigenvalue weighted by atomic mass is 79.9. The van der Waals surface area contributed by atoms with Crippen molar-refractivity contribution in [3.8, 4) is 0 Å². The predicted octanol–water partition coefficient (Wildman–Crippen LogP) is 5.35. The lowest BCUT2D eigenvalue weighted by molar-refractivity contribution is -0.0446. The fraction of sp³-hybridized carbons (Fsp3) is 0.273. The van der Waals surface area contributed by atoms with Crippen LogP contribution in [0.2, 0.25) is 0 Å². The molecule has 2 rings (SSSR count). The van der Waals surface area contributed by atoms with Gasteiger partial charge < -0.3 is 9.47 Å². The van der Waals surface area contributed by atoms with Crippen LogP contribution in [0.15, 0.2) is 24.5 Å². The van der Waals surface area contributed by atoms with Crippen LogP contribution in [0, 0.1) is 0 Å². The Hall–Kier alpha value is 0.800. The van der Waals surface area contributed by atoms with E-state index >= 15 is 0 Å². The summed E-state index contributed by atoms with van der Waals surface area (Å²) in [5, 5.41) is 0. The van der Waals surface area contributed by atoms with Crippen molar-refractivity contribution in [2.24, 2.45) is 0 Å². The maximum absolute atomic E-state index is 5.51.